The van der Waals surface area contributed by atoms with E-state index >= 15 is 0 Å². The van der Waals surface area contributed by atoms with Gasteiger partial charge in [0.15, 0.2) is 0 Å². The van der Waals surface area contributed by atoms with Gasteiger partial charge in [0.2, 0.25) is 0 Å². The molecular formula is C13H19NO2. The minimum atomic E-state index is 0.0480. The summed E-state index contributed by atoms with van der Waals surface area (Å²) in [4.78, 5) is 0. The summed E-state index contributed by atoms with van der Waals surface area (Å²) in [6.07, 6.45) is 2.03. The summed E-state index contributed by atoms with van der Waals surface area (Å²) in [7, 11) is 3.28. The molecule has 1 atom stereocenters. The Morgan fingerprint density at radius 1 is 1.31 bits per heavy atom. The predicted octanol–water partition coefficient (Wildman–Crippen LogP) is 2.45. The second-order valence-corrected chi connectivity index (χ2v) is 3.78. The molecule has 0 aromatic heterocycles. The van der Waals surface area contributed by atoms with Crippen molar-refractivity contribution in [3.05, 3.63) is 29.3 Å². The lowest BCUT2D eigenvalue weighted by Gasteiger charge is -2.10. The summed E-state index contributed by atoms with van der Waals surface area (Å²) < 4.78 is 10.4. The van der Waals surface area contributed by atoms with E-state index in [0.29, 0.717) is 0 Å². The van der Waals surface area contributed by atoms with Crippen LogP contribution >= 0.6 is 0 Å². The van der Waals surface area contributed by atoms with Gasteiger partial charge in [-0.1, -0.05) is 11.6 Å². The Balaban J connectivity index is 3.09. The van der Waals surface area contributed by atoms with E-state index in [0.717, 1.165) is 22.6 Å². The van der Waals surface area contributed by atoms with E-state index in [1.165, 1.54) is 0 Å². The Hall–Kier alpha value is -1.48. The highest BCUT2D eigenvalue weighted by atomic mass is 16.5. The lowest BCUT2D eigenvalue weighted by molar-refractivity contribution is 0.393. The van der Waals surface area contributed by atoms with Crippen molar-refractivity contribution >= 4 is 6.08 Å². The van der Waals surface area contributed by atoms with Crippen LogP contribution in [-0.2, 0) is 0 Å². The van der Waals surface area contributed by atoms with Gasteiger partial charge in [0.25, 0.3) is 0 Å². The van der Waals surface area contributed by atoms with E-state index in [1.54, 1.807) is 14.2 Å². The standard InChI is InChI=1S/C13H19NO2/c1-9(10(2)14)7-11-5-6-12(15-3)8-13(11)16-4/h5-8,10H,14H2,1-4H3/b9-7-. The molecule has 0 saturated carbocycles. The Kier molecular flexibility index (Phi) is 4.38. The molecule has 3 nitrogen and oxygen atoms in total. The van der Waals surface area contributed by atoms with E-state index in [2.05, 4.69) is 0 Å². The quantitative estimate of drug-likeness (QED) is 0.849. The second-order valence-electron chi connectivity index (χ2n) is 3.78. The fourth-order valence-corrected chi connectivity index (χ4v) is 1.31. The molecule has 0 aliphatic carbocycles. The lowest BCUT2D eigenvalue weighted by atomic mass is 10.1. The maximum atomic E-state index is 5.80. The summed E-state index contributed by atoms with van der Waals surface area (Å²) in [5, 5.41) is 0. The Bertz CT molecular complexity index is 384. The minimum absolute atomic E-state index is 0.0480. The Morgan fingerprint density at radius 2 is 2.00 bits per heavy atom. The van der Waals surface area contributed by atoms with Crippen molar-refractivity contribution in [2.75, 3.05) is 14.2 Å². The highest BCUT2D eigenvalue weighted by molar-refractivity contribution is 5.61. The molecule has 0 aliphatic heterocycles. The van der Waals surface area contributed by atoms with Gasteiger partial charge in [-0.2, -0.15) is 0 Å². The molecule has 0 bridgehead atoms. The number of rotatable bonds is 4. The van der Waals surface area contributed by atoms with Gasteiger partial charge < -0.3 is 15.2 Å². The fourth-order valence-electron chi connectivity index (χ4n) is 1.31. The maximum absolute atomic E-state index is 5.80. The molecule has 1 rings (SSSR count). The van der Waals surface area contributed by atoms with Crippen LogP contribution < -0.4 is 15.2 Å². The van der Waals surface area contributed by atoms with Crippen LogP contribution in [0.15, 0.2) is 23.8 Å². The van der Waals surface area contributed by atoms with Gasteiger partial charge in [-0.3, -0.25) is 0 Å². The van der Waals surface area contributed by atoms with Crippen molar-refractivity contribution in [3.8, 4) is 11.5 Å². The number of methoxy groups -OCH3 is 2. The molecular weight excluding hydrogens is 202 g/mol. The van der Waals surface area contributed by atoms with E-state index in [9.17, 15) is 0 Å². The largest absolute Gasteiger partial charge is 0.497 e. The van der Waals surface area contributed by atoms with Crippen LogP contribution in [0.2, 0.25) is 0 Å². The van der Waals surface area contributed by atoms with Gasteiger partial charge in [-0.25, -0.2) is 0 Å². The first kappa shape index (κ1) is 12.6. The average Bonchev–Trinajstić information content (AvgIpc) is 2.29. The molecule has 1 aromatic rings. The van der Waals surface area contributed by atoms with Crippen LogP contribution in [0.1, 0.15) is 19.4 Å². The fraction of sp³-hybridized carbons (Fsp3) is 0.385. The molecule has 0 amide bonds. The molecule has 0 heterocycles. The molecule has 16 heavy (non-hydrogen) atoms. The Morgan fingerprint density at radius 3 is 2.50 bits per heavy atom. The van der Waals surface area contributed by atoms with E-state index < -0.39 is 0 Å². The van der Waals surface area contributed by atoms with Crippen molar-refractivity contribution < 1.29 is 9.47 Å². The monoisotopic (exact) mass is 221 g/mol. The summed E-state index contributed by atoms with van der Waals surface area (Å²) in [6.45, 7) is 3.97. The zero-order valence-corrected chi connectivity index (χ0v) is 10.3. The first-order valence-electron chi connectivity index (χ1n) is 5.24. The minimum Gasteiger partial charge on any atom is -0.497 e. The average molecular weight is 221 g/mol. The predicted molar refractivity (Wildman–Crippen MR) is 66.8 cm³/mol. The first-order chi connectivity index (χ1) is 7.58. The zero-order valence-electron chi connectivity index (χ0n) is 10.3. The van der Waals surface area contributed by atoms with Crippen molar-refractivity contribution in [1.29, 1.82) is 0 Å². The first-order valence-corrected chi connectivity index (χ1v) is 5.24. The van der Waals surface area contributed by atoms with Crippen LogP contribution in [-0.4, -0.2) is 20.3 Å². The summed E-state index contributed by atoms with van der Waals surface area (Å²) in [5.74, 6) is 1.58. The van der Waals surface area contributed by atoms with E-state index in [1.807, 2.05) is 38.1 Å². The van der Waals surface area contributed by atoms with Crippen molar-refractivity contribution in [2.45, 2.75) is 19.9 Å². The highest BCUT2D eigenvalue weighted by Gasteiger charge is 2.04. The van der Waals surface area contributed by atoms with Crippen molar-refractivity contribution in [2.24, 2.45) is 5.73 Å². The maximum Gasteiger partial charge on any atom is 0.129 e. The van der Waals surface area contributed by atoms with Crippen LogP contribution in [0.4, 0.5) is 0 Å². The third-order valence-electron chi connectivity index (χ3n) is 2.54. The number of hydrogen-bond donors (Lipinski definition) is 1. The van der Waals surface area contributed by atoms with Crippen molar-refractivity contribution in [1.82, 2.24) is 0 Å². The van der Waals surface area contributed by atoms with Crippen molar-refractivity contribution in [3.63, 3.8) is 0 Å². The van der Waals surface area contributed by atoms with Gasteiger partial charge in [0.05, 0.1) is 14.2 Å². The third-order valence-corrected chi connectivity index (χ3v) is 2.54. The third kappa shape index (κ3) is 3.00. The van der Waals surface area contributed by atoms with Crippen LogP contribution in [0, 0.1) is 0 Å². The van der Waals surface area contributed by atoms with Gasteiger partial charge >= 0.3 is 0 Å². The van der Waals surface area contributed by atoms with E-state index in [4.69, 9.17) is 15.2 Å². The molecule has 3 heteroatoms. The highest BCUT2D eigenvalue weighted by Crippen LogP contribution is 2.26. The molecule has 2 N–H and O–H groups in total. The molecule has 1 unspecified atom stereocenters. The topological polar surface area (TPSA) is 44.5 Å². The number of nitrogens with two attached hydrogens (primary N) is 1. The molecule has 0 spiro atoms. The van der Waals surface area contributed by atoms with Gasteiger partial charge in [-0.15, -0.1) is 0 Å². The molecule has 0 fully saturated rings. The normalized spacial score (nSPS) is 13.4. The van der Waals surface area contributed by atoms with Gasteiger partial charge in [0, 0.05) is 17.7 Å². The summed E-state index contributed by atoms with van der Waals surface area (Å²) >= 11 is 0. The molecule has 0 radical (unpaired) electrons. The Labute approximate surface area is 96.9 Å². The number of hydrogen-bond acceptors (Lipinski definition) is 3. The molecule has 88 valence electrons. The van der Waals surface area contributed by atoms with Gasteiger partial charge in [0.1, 0.15) is 11.5 Å². The lowest BCUT2D eigenvalue weighted by Crippen LogP contribution is -2.15. The SMILES string of the molecule is COc1ccc(/C=C(/C)C(C)N)c(OC)c1. The summed E-state index contributed by atoms with van der Waals surface area (Å²) in [5.41, 5.74) is 7.92. The number of benzene rings is 1. The van der Waals surface area contributed by atoms with Crippen LogP contribution in [0.25, 0.3) is 6.08 Å². The molecule has 0 aliphatic rings. The molecule has 0 saturated heterocycles. The summed E-state index contributed by atoms with van der Waals surface area (Å²) in [6, 6.07) is 5.78. The second kappa shape index (κ2) is 5.56. The van der Waals surface area contributed by atoms with Crippen LogP contribution in [0.3, 0.4) is 0 Å². The molecule has 1 aromatic carbocycles. The smallest absolute Gasteiger partial charge is 0.129 e. The zero-order chi connectivity index (χ0) is 12.1. The van der Waals surface area contributed by atoms with Crippen LogP contribution in [0.5, 0.6) is 11.5 Å². The van der Waals surface area contributed by atoms with Gasteiger partial charge in [-0.05, 0) is 26.0 Å². The van der Waals surface area contributed by atoms with E-state index in [-0.39, 0.29) is 6.04 Å². The number of ether oxygens (including phenoxy) is 2.